The van der Waals surface area contributed by atoms with Crippen LogP contribution in [0, 0.1) is 0 Å². The third kappa shape index (κ3) is 5.36. The topological polar surface area (TPSA) is 67.9 Å². The van der Waals surface area contributed by atoms with E-state index < -0.39 is 0 Å². The summed E-state index contributed by atoms with van der Waals surface area (Å²) in [4.78, 5) is 23.0. The first-order valence-electron chi connectivity index (χ1n) is 6.91. The standard InChI is InChI=1S/C9H17NO2.C4H7NO2/c1-3-4-5-6-10-8(2)7-12-9(10)11;1-3-2-7-4(6)5-3/h8H,3-7H2,1-2H3;3H,2H2,1H3,(H,5,6). The van der Waals surface area contributed by atoms with E-state index in [1.165, 1.54) is 12.8 Å². The van der Waals surface area contributed by atoms with Crippen LogP contribution in [-0.4, -0.2) is 48.9 Å². The summed E-state index contributed by atoms with van der Waals surface area (Å²) in [5, 5.41) is 2.56. The van der Waals surface area contributed by atoms with Crippen molar-refractivity contribution >= 4 is 12.2 Å². The second kappa shape index (κ2) is 7.86. The van der Waals surface area contributed by atoms with Gasteiger partial charge in [0, 0.05) is 6.54 Å². The Morgan fingerprint density at radius 1 is 1.21 bits per heavy atom. The minimum absolute atomic E-state index is 0.140. The van der Waals surface area contributed by atoms with E-state index in [1.54, 1.807) is 0 Å². The lowest BCUT2D eigenvalue weighted by molar-refractivity contribution is 0.157. The lowest BCUT2D eigenvalue weighted by Crippen LogP contribution is -2.31. The maximum atomic E-state index is 11.1. The molecular formula is C13H24N2O4. The van der Waals surface area contributed by atoms with Gasteiger partial charge >= 0.3 is 12.2 Å². The van der Waals surface area contributed by atoms with Gasteiger partial charge in [-0.3, -0.25) is 0 Å². The molecule has 2 rings (SSSR count). The molecule has 2 saturated heterocycles. The molecule has 2 heterocycles. The van der Waals surface area contributed by atoms with Crippen molar-refractivity contribution in [2.45, 2.75) is 52.1 Å². The molecular weight excluding hydrogens is 248 g/mol. The van der Waals surface area contributed by atoms with Crippen LogP contribution in [0.3, 0.4) is 0 Å². The maximum absolute atomic E-state index is 11.1. The highest BCUT2D eigenvalue weighted by Crippen LogP contribution is 2.12. The zero-order chi connectivity index (χ0) is 14.3. The third-order valence-electron chi connectivity index (χ3n) is 3.05. The van der Waals surface area contributed by atoms with Crippen molar-refractivity contribution < 1.29 is 19.1 Å². The summed E-state index contributed by atoms with van der Waals surface area (Å²) in [7, 11) is 0. The van der Waals surface area contributed by atoms with Gasteiger partial charge in [-0.15, -0.1) is 0 Å². The van der Waals surface area contributed by atoms with Gasteiger partial charge in [-0.2, -0.15) is 0 Å². The number of carbonyl (C=O) groups excluding carboxylic acids is 2. The van der Waals surface area contributed by atoms with E-state index in [1.807, 2.05) is 18.7 Å². The van der Waals surface area contributed by atoms with Gasteiger partial charge in [0.2, 0.25) is 0 Å². The highest BCUT2D eigenvalue weighted by atomic mass is 16.6. The van der Waals surface area contributed by atoms with E-state index in [2.05, 4.69) is 17.0 Å². The van der Waals surface area contributed by atoms with Crippen molar-refractivity contribution in [3.05, 3.63) is 0 Å². The van der Waals surface area contributed by atoms with E-state index in [4.69, 9.17) is 4.74 Å². The van der Waals surface area contributed by atoms with Gasteiger partial charge in [0.1, 0.15) is 13.2 Å². The van der Waals surface area contributed by atoms with Crippen molar-refractivity contribution in [2.24, 2.45) is 0 Å². The van der Waals surface area contributed by atoms with Crippen LogP contribution >= 0.6 is 0 Å². The van der Waals surface area contributed by atoms with Gasteiger partial charge in [-0.05, 0) is 20.3 Å². The van der Waals surface area contributed by atoms with Gasteiger partial charge in [-0.1, -0.05) is 19.8 Å². The fourth-order valence-corrected chi connectivity index (χ4v) is 1.87. The number of hydrogen-bond donors (Lipinski definition) is 1. The quantitative estimate of drug-likeness (QED) is 0.796. The summed E-state index contributed by atoms with van der Waals surface area (Å²) in [5.41, 5.74) is 0. The summed E-state index contributed by atoms with van der Waals surface area (Å²) >= 11 is 0. The van der Waals surface area contributed by atoms with E-state index in [9.17, 15) is 9.59 Å². The molecule has 0 aromatic carbocycles. The number of nitrogens with one attached hydrogen (secondary N) is 1. The Labute approximate surface area is 114 Å². The van der Waals surface area contributed by atoms with Gasteiger partial charge in [0.15, 0.2) is 0 Å². The molecule has 2 aliphatic heterocycles. The minimum atomic E-state index is -0.299. The molecule has 2 atom stereocenters. The first-order chi connectivity index (χ1) is 9.04. The molecule has 19 heavy (non-hydrogen) atoms. The number of hydrogen-bond acceptors (Lipinski definition) is 4. The minimum Gasteiger partial charge on any atom is -0.447 e. The normalized spacial score (nSPS) is 25.3. The van der Waals surface area contributed by atoms with E-state index >= 15 is 0 Å². The summed E-state index contributed by atoms with van der Waals surface area (Å²) < 4.78 is 9.41. The molecule has 110 valence electrons. The molecule has 0 radical (unpaired) electrons. The summed E-state index contributed by atoms with van der Waals surface area (Å²) in [6.07, 6.45) is 3.04. The Morgan fingerprint density at radius 3 is 2.32 bits per heavy atom. The zero-order valence-corrected chi connectivity index (χ0v) is 12.0. The van der Waals surface area contributed by atoms with Crippen LogP contribution in [0.4, 0.5) is 9.59 Å². The number of nitrogens with zero attached hydrogens (tertiary/aromatic N) is 1. The number of amides is 2. The second-order valence-corrected chi connectivity index (χ2v) is 4.97. The zero-order valence-electron chi connectivity index (χ0n) is 12.0. The molecule has 0 aromatic rings. The third-order valence-corrected chi connectivity index (χ3v) is 3.05. The number of alkyl carbamates (subject to hydrolysis) is 1. The molecule has 6 heteroatoms. The Kier molecular flexibility index (Phi) is 6.45. The Morgan fingerprint density at radius 2 is 1.95 bits per heavy atom. The van der Waals surface area contributed by atoms with Crippen molar-refractivity contribution in [1.82, 2.24) is 10.2 Å². The average molecular weight is 272 g/mol. The molecule has 1 N–H and O–H groups in total. The average Bonchev–Trinajstić information content (AvgIpc) is 2.89. The lowest BCUT2D eigenvalue weighted by Gasteiger charge is -2.17. The van der Waals surface area contributed by atoms with Crippen LogP contribution in [0.1, 0.15) is 40.0 Å². The highest BCUT2D eigenvalue weighted by Gasteiger charge is 2.28. The monoisotopic (exact) mass is 272 g/mol. The van der Waals surface area contributed by atoms with Crippen LogP contribution < -0.4 is 5.32 Å². The van der Waals surface area contributed by atoms with Crippen molar-refractivity contribution in [3.63, 3.8) is 0 Å². The smallest absolute Gasteiger partial charge is 0.410 e. The Bertz CT molecular complexity index is 309. The number of unbranched alkanes of at least 4 members (excludes halogenated alkanes) is 2. The van der Waals surface area contributed by atoms with E-state index in [0.717, 1.165) is 13.0 Å². The summed E-state index contributed by atoms with van der Waals surface area (Å²) in [6, 6.07) is 0.474. The first-order valence-corrected chi connectivity index (χ1v) is 6.91. The molecule has 2 amide bonds. The predicted octanol–water partition coefficient (Wildman–Crippen LogP) is 2.13. The van der Waals surface area contributed by atoms with Crippen LogP contribution in [0.25, 0.3) is 0 Å². The van der Waals surface area contributed by atoms with E-state index in [0.29, 0.717) is 13.2 Å². The molecule has 0 aromatic heterocycles. The van der Waals surface area contributed by atoms with Gasteiger partial charge in [-0.25, -0.2) is 9.59 Å². The summed E-state index contributed by atoms with van der Waals surface area (Å²) in [6.45, 7) is 8.01. The number of carbonyl (C=O) groups is 2. The number of ether oxygens (including phenoxy) is 2. The van der Waals surface area contributed by atoms with Crippen LogP contribution in [0.2, 0.25) is 0 Å². The molecule has 0 spiro atoms. The van der Waals surface area contributed by atoms with Gasteiger partial charge < -0.3 is 19.7 Å². The largest absolute Gasteiger partial charge is 0.447 e. The summed E-state index contributed by atoms with van der Waals surface area (Å²) in [5.74, 6) is 0. The molecule has 2 aliphatic rings. The van der Waals surface area contributed by atoms with Crippen molar-refractivity contribution in [2.75, 3.05) is 19.8 Å². The fourth-order valence-electron chi connectivity index (χ4n) is 1.87. The lowest BCUT2D eigenvalue weighted by atomic mass is 10.2. The number of rotatable bonds is 4. The van der Waals surface area contributed by atoms with Gasteiger partial charge in [0.05, 0.1) is 12.1 Å². The molecule has 0 bridgehead atoms. The molecule has 0 saturated carbocycles. The van der Waals surface area contributed by atoms with Crippen molar-refractivity contribution in [3.8, 4) is 0 Å². The van der Waals surface area contributed by atoms with Crippen molar-refractivity contribution in [1.29, 1.82) is 0 Å². The van der Waals surface area contributed by atoms with E-state index in [-0.39, 0.29) is 24.3 Å². The Hall–Kier alpha value is -1.46. The predicted molar refractivity (Wildman–Crippen MR) is 71.0 cm³/mol. The molecule has 0 aliphatic carbocycles. The second-order valence-electron chi connectivity index (χ2n) is 4.97. The number of cyclic esters (lactones) is 2. The molecule has 6 nitrogen and oxygen atoms in total. The first kappa shape index (κ1) is 15.6. The van der Waals surface area contributed by atoms with Crippen LogP contribution in [0.15, 0.2) is 0 Å². The highest BCUT2D eigenvalue weighted by molar-refractivity contribution is 5.70. The maximum Gasteiger partial charge on any atom is 0.410 e. The molecule has 2 fully saturated rings. The van der Waals surface area contributed by atoms with Crippen LogP contribution in [0.5, 0.6) is 0 Å². The Balaban J connectivity index is 0.000000218. The van der Waals surface area contributed by atoms with Crippen LogP contribution in [-0.2, 0) is 9.47 Å². The fraction of sp³-hybridized carbons (Fsp3) is 0.846. The van der Waals surface area contributed by atoms with Gasteiger partial charge in [0.25, 0.3) is 0 Å². The molecule has 2 unspecified atom stereocenters. The SMILES string of the molecule is CC1COC(=O)N1.CCCCCN1C(=O)OCC1C.